The van der Waals surface area contributed by atoms with Crippen LogP contribution in [0, 0.1) is 17.0 Å². The summed E-state index contributed by atoms with van der Waals surface area (Å²) in [5.74, 6) is 0.212. The molecule has 0 N–H and O–H groups in total. The van der Waals surface area contributed by atoms with Crippen molar-refractivity contribution in [2.24, 2.45) is 0 Å². The second kappa shape index (κ2) is 7.55. The van der Waals surface area contributed by atoms with E-state index in [1.165, 1.54) is 17.0 Å². The van der Waals surface area contributed by atoms with Crippen molar-refractivity contribution in [3.05, 3.63) is 74.6 Å². The van der Waals surface area contributed by atoms with Gasteiger partial charge in [-0.3, -0.25) is 14.9 Å². The van der Waals surface area contributed by atoms with E-state index in [0.717, 1.165) is 17.2 Å². The number of non-ortho nitro benzene ring substituents is 1. The zero-order valence-corrected chi connectivity index (χ0v) is 15.3. The summed E-state index contributed by atoms with van der Waals surface area (Å²) in [6.45, 7) is 2.05. The van der Waals surface area contributed by atoms with E-state index in [9.17, 15) is 14.9 Å². The molecule has 0 unspecified atom stereocenters. The van der Waals surface area contributed by atoms with E-state index >= 15 is 0 Å². The molecule has 8 nitrogen and oxygen atoms in total. The highest BCUT2D eigenvalue weighted by Crippen LogP contribution is 2.24. The lowest BCUT2D eigenvalue weighted by Crippen LogP contribution is -2.26. The monoisotopic (exact) mass is 386 g/mol. The fraction of sp³-hybridized carbons (Fsp3) is 0.167. The summed E-state index contributed by atoms with van der Waals surface area (Å²) in [4.78, 5) is 24.1. The first-order chi connectivity index (χ1) is 12.8. The molecule has 0 aliphatic carbocycles. The van der Waals surface area contributed by atoms with Gasteiger partial charge in [-0.15, -0.1) is 10.2 Å². The van der Waals surface area contributed by atoms with Crippen LogP contribution in [0.3, 0.4) is 0 Å². The van der Waals surface area contributed by atoms with Gasteiger partial charge in [0.15, 0.2) is 0 Å². The van der Waals surface area contributed by atoms with Crippen LogP contribution >= 0.6 is 11.6 Å². The molecule has 3 rings (SSSR count). The van der Waals surface area contributed by atoms with E-state index in [-0.39, 0.29) is 28.7 Å². The van der Waals surface area contributed by atoms with E-state index in [4.69, 9.17) is 16.0 Å². The van der Waals surface area contributed by atoms with E-state index < -0.39 is 10.8 Å². The standard InChI is InChI=1S/C18H15ClN4O4/c1-11-3-5-12(6-4-11)17-21-20-16(27-17)10-22(2)18(24)14-8-7-13(23(25)26)9-15(14)19/h3-9H,10H2,1-2H3. The average molecular weight is 387 g/mol. The fourth-order valence-electron chi connectivity index (χ4n) is 2.40. The Morgan fingerprint density at radius 1 is 1.22 bits per heavy atom. The van der Waals surface area contributed by atoms with Gasteiger partial charge in [0, 0.05) is 24.7 Å². The highest BCUT2D eigenvalue weighted by Gasteiger charge is 2.20. The largest absolute Gasteiger partial charge is 0.419 e. The van der Waals surface area contributed by atoms with E-state index in [1.54, 1.807) is 7.05 Å². The van der Waals surface area contributed by atoms with Crippen molar-refractivity contribution >= 4 is 23.2 Å². The molecule has 138 valence electrons. The highest BCUT2D eigenvalue weighted by atomic mass is 35.5. The molecule has 0 atom stereocenters. The van der Waals surface area contributed by atoms with Crippen LogP contribution in [-0.4, -0.2) is 33.0 Å². The third kappa shape index (κ3) is 4.12. The molecule has 2 aromatic carbocycles. The van der Waals surface area contributed by atoms with Gasteiger partial charge >= 0.3 is 0 Å². The van der Waals surface area contributed by atoms with Crippen LogP contribution in [0.15, 0.2) is 46.9 Å². The van der Waals surface area contributed by atoms with Crippen LogP contribution in [0.25, 0.3) is 11.5 Å². The number of halogens is 1. The Balaban J connectivity index is 1.73. The molecule has 0 aliphatic rings. The molecule has 0 spiro atoms. The van der Waals surface area contributed by atoms with E-state index in [2.05, 4.69) is 10.2 Å². The summed E-state index contributed by atoms with van der Waals surface area (Å²) in [5, 5.41) is 18.7. The number of nitro groups is 1. The summed E-state index contributed by atoms with van der Waals surface area (Å²) >= 11 is 6.01. The number of hydrogen-bond donors (Lipinski definition) is 0. The first-order valence-corrected chi connectivity index (χ1v) is 8.32. The van der Waals surface area contributed by atoms with Gasteiger partial charge in [-0.2, -0.15) is 0 Å². The molecule has 3 aromatic rings. The maximum absolute atomic E-state index is 12.5. The first-order valence-electron chi connectivity index (χ1n) is 7.94. The lowest BCUT2D eigenvalue weighted by molar-refractivity contribution is -0.384. The molecular formula is C18H15ClN4O4. The minimum absolute atomic E-state index is 0.00641. The Kier molecular flexibility index (Phi) is 5.18. The van der Waals surface area contributed by atoms with Crippen molar-refractivity contribution in [1.82, 2.24) is 15.1 Å². The number of aryl methyl sites for hydroxylation is 1. The topological polar surface area (TPSA) is 102 Å². The SMILES string of the molecule is Cc1ccc(-c2nnc(CN(C)C(=O)c3ccc([N+](=O)[O-])cc3Cl)o2)cc1. The number of nitro benzene ring substituents is 1. The van der Waals surface area contributed by atoms with Crippen LogP contribution in [0.1, 0.15) is 21.8 Å². The number of benzene rings is 2. The van der Waals surface area contributed by atoms with Crippen molar-refractivity contribution in [3.8, 4) is 11.5 Å². The number of rotatable bonds is 5. The molecule has 0 radical (unpaired) electrons. The number of aromatic nitrogens is 2. The van der Waals surface area contributed by atoms with Crippen molar-refractivity contribution in [2.45, 2.75) is 13.5 Å². The van der Waals surface area contributed by atoms with Crippen molar-refractivity contribution in [1.29, 1.82) is 0 Å². The number of carbonyl (C=O) groups excluding carboxylic acids is 1. The van der Waals surface area contributed by atoms with E-state index in [1.807, 2.05) is 31.2 Å². The zero-order chi connectivity index (χ0) is 19.6. The Labute approximate surface area is 159 Å². The molecule has 0 saturated heterocycles. The van der Waals surface area contributed by atoms with Crippen molar-refractivity contribution in [3.63, 3.8) is 0 Å². The molecule has 0 aliphatic heterocycles. The van der Waals surface area contributed by atoms with Gasteiger partial charge in [0.2, 0.25) is 11.8 Å². The predicted octanol–water partition coefficient (Wildman–Crippen LogP) is 3.88. The van der Waals surface area contributed by atoms with Gasteiger partial charge in [-0.1, -0.05) is 29.3 Å². The molecule has 1 amide bonds. The zero-order valence-electron chi connectivity index (χ0n) is 14.5. The lowest BCUT2D eigenvalue weighted by Gasteiger charge is -2.15. The molecule has 1 heterocycles. The van der Waals surface area contributed by atoms with Gasteiger partial charge in [0.25, 0.3) is 11.6 Å². The number of nitrogens with zero attached hydrogens (tertiary/aromatic N) is 4. The van der Waals surface area contributed by atoms with Crippen molar-refractivity contribution in [2.75, 3.05) is 7.05 Å². The van der Waals surface area contributed by atoms with Gasteiger partial charge in [0.1, 0.15) is 0 Å². The molecule has 1 aromatic heterocycles. The maximum Gasteiger partial charge on any atom is 0.270 e. The lowest BCUT2D eigenvalue weighted by atomic mass is 10.1. The maximum atomic E-state index is 12.5. The summed E-state index contributed by atoms with van der Waals surface area (Å²) in [5.41, 5.74) is 1.87. The minimum atomic E-state index is -0.575. The van der Waals surface area contributed by atoms with Crippen LogP contribution in [0.5, 0.6) is 0 Å². The average Bonchev–Trinajstić information content (AvgIpc) is 3.10. The Bertz CT molecular complexity index is 1000. The second-order valence-corrected chi connectivity index (χ2v) is 6.36. The Morgan fingerprint density at radius 2 is 1.93 bits per heavy atom. The van der Waals surface area contributed by atoms with Gasteiger partial charge in [-0.05, 0) is 25.1 Å². The Morgan fingerprint density at radius 3 is 2.56 bits per heavy atom. The third-order valence-corrected chi connectivity index (χ3v) is 4.19. The molecule has 9 heteroatoms. The summed E-state index contributed by atoms with van der Waals surface area (Å²) < 4.78 is 5.61. The van der Waals surface area contributed by atoms with Crippen LogP contribution < -0.4 is 0 Å². The van der Waals surface area contributed by atoms with Gasteiger partial charge in [-0.25, -0.2) is 0 Å². The number of amides is 1. The number of carbonyl (C=O) groups is 1. The summed E-state index contributed by atoms with van der Waals surface area (Å²) in [7, 11) is 1.55. The summed E-state index contributed by atoms with van der Waals surface area (Å²) in [6.07, 6.45) is 0. The quantitative estimate of drug-likeness (QED) is 0.487. The normalized spacial score (nSPS) is 10.6. The van der Waals surface area contributed by atoms with Crippen LogP contribution in [0.2, 0.25) is 5.02 Å². The highest BCUT2D eigenvalue weighted by molar-refractivity contribution is 6.34. The van der Waals surface area contributed by atoms with Gasteiger partial charge in [0.05, 0.1) is 22.1 Å². The van der Waals surface area contributed by atoms with E-state index in [0.29, 0.717) is 5.89 Å². The number of hydrogen-bond acceptors (Lipinski definition) is 6. The second-order valence-electron chi connectivity index (χ2n) is 5.95. The summed E-state index contributed by atoms with van der Waals surface area (Å²) in [6, 6.07) is 11.3. The fourth-order valence-corrected chi connectivity index (χ4v) is 2.66. The first kappa shape index (κ1) is 18.5. The van der Waals surface area contributed by atoms with Gasteiger partial charge < -0.3 is 9.32 Å². The molecule has 0 fully saturated rings. The molecule has 0 bridgehead atoms. The third-order valence-electron chi connectivity index (χ3n) is 3.88. The molecule has 0 saturated carbocycles. The van der Waals surface area contributed by atoms with Crippen LogP contribution in [-0.2, 0) is 6.54 Å². The molecule has 27 heavy (non-hydrogen) atoms. The predicted molar refractivity (Wildman–Crippen MR) is 98.4 cm³/mol. The van der Waals surface area contributed by atoms with Crippen LogP contribution in [0.4, 0.5) is 5.69 Å². The molecular weight excluding hydrogens is 372 g/mol. The van der Waals surface area contributed by atoms with Crippen molar-refractivity contribution < 1.29 is 14.1 Å². The smallest absolute Gasteiger partial charge is 0.270 e. The Hall–Kier alpha value is -3.26. The minimum Gasteiger partial charge on any atom is -0.419 e.